The van der Waals surface area contributed by atoms with E-state index in [4.69, 9.17) is 5.73 Å². The Morgan fingerprint density at radius 2 is 1.94 bits per heavy atom. The molecule has 1 heterocycles. The molecule has 0 saturated carbocycles. The minimum atomic E-state index is -3.43. The lowest BCUT2D eigenvalue weighted by atomic mass is 10.2. The molecule has 0 atom stereocenters. The number of aryl methyl sites for hydroxylation is 1. The Hall–Kier alpha value is -0.720. The van der Waals surface area contributed by atoms with Crippen molar-refractivity contribution < 1.29 is 8.42 Å². The molecule has 2 rings (SSSR count). The fraction of sp³-hybridized carbons (Fsp3) is 0.455. The van der Waals surface area contributed by atoms with Crippen LogP contribution in [0.4, 0.5) is 5.69 Å². The third kappa shape index (κ3) is 2.43. The molecule has 1 aliphatic heterocycles. The van der Waals surface area contributed by atoms with E-state index in [9.17, 15) is 8.42 Å². The molecule has 1 fully saturated rings. The predicted molar refractivity (Wildman–Crippen MR) is 71.7 cm³/mol. The zero-order valence-electron chi connectivity index (χ0n) is 9.72. The van der Waals surface area contributed by atoms with E-state index in [1.807, 2.05) is 0 Å². The molecular weight excluding hydrogens is 256 g/mol. The van der Waals surface area contributed by atoms with Crippen molar-refractivity contribution in [3.8, 4) is 0 Å². The highest BCUT2D eigenvalue weighted by Crippen LogP contribution is 2.27. The average Bonchev–Trinajstić information content (AvgIpc) is 2.29. The summed E-state index contributed by atoms with van der Waals surface area (Å²) in [6, 6.07) is 5.19. The van der Waals surface area contributed by atoms with Crippen molar-refractivity contribution >= 4 is 27.5 Å². The molecule has 1 aromatic carbocycles. The molecule has 94 valence electrons. The van der Waals surface area contributed by atoms with Crippen LogP contribution in [0, 0.1) is 6.92 Å². The number of nitrogens with two attached hydrogens (primary N) is 1. The van der Waals surface area contributed by atoms with Crippen LogP contribution in [0.5, 0.6) is 0 Å². The summed E-state index contributed by atoms with van der Waals surface area (Å²) in [4.78, 5) is 0.270. The summed E-state index contributed by atoms with van der Waals surface area (Å²) in [5, 5.41) is 0. The second-order valence-corrected chi connectivity index (χ2v) is 7.11. The number of anilines is 1. The Labute approximate surface area is 106 Å². The van der Waals surface area contributed by atoms with Crippen LogP contribution >= 0.6 is 11.8 Å². The number of rotatable bonds is 2. The first kappa shape index (κ1) is 12.7. The molecule has 0 unspecified atom stereocenters. The largest absolute Gasteiger partial charge is 0.398 e. The third-order valence-corrected chi connectivity index (χ3v) is 5.87. The second kappa shape index (κ2) is 4.88. The molecule has 0 radical (unpaired) electrons. The number of nitrogens with zero attached hydrogens (tertiary/aromatic N) is 1. The van der Waals surface area contributed by atoms with Crippen molar-refractivity contribution in [2.24, 2.45) is 0 Å². The molecule has 6 heteroatoms. The molecule has 0 aliphatic carbocycles. The Kier molecular flexibility index (Phi) is 3.65. The molecule has 1 aliphatic rings. The summed E-state index contributed by atoms with van der Waals surface area (Å²) in [6.07, 6.45) is 0. The van der Waals surface area contributed by atoms with Crippen molar-refractivity contribution in [2.75, 3.05) is 30.3 Å². The topological polar surface area (TPSA) is 63.4 Å². The number of sulfonamides is 1. The van der Waals surface area contributed by atoms with Gasteiger partial charge in [0.05, 0.1) is 5.69 Å². The molecule has 1 saturated heterocycles. The van der Waals surface area contributed by atoms with Gasteiger partial charge in [-0.1, -0.05) is 12.1 Å². The molecule has 17 heavy (non-hydrogen) atoms. The lowest BCUT2D eigenvalue weighted by Crippen LogP contribution is -2.38. The van der Waals surface area contributed by atoms with Crippen LogP contribution in [-0.2, 0) is 10.0 Å². The minimum Gasteiger partial charge on any atom is -0.398 e. The molecular formula is C11H16N2O2S2. The van der Waals surface area contributed by atoms with Crippen LogP contribution < -0.4 is 5.73 Å². The number of hydrogen-bond acceptors (Lipinski definition) is 4. The summed E-state index contributed by atoms with van der Waals surface area (Å²) in [6.45, 7) is 2.92. The van der Waals surface area contributed by atoms with Gasteiger partial charge in [0.25, 0.3) is 0 Å². The number of thioether (sulfide) groups is 1. The van der Waals surface area contributed by atoms with Crippen molar-refractivity contribution in [1.29, 1.82) is 0 Å². The predicted octanol–water partition coefficient (Wildman–Crippen LogP) is 1.31. The summed E-state index contributed by atoms with van der Waals surface area (Å²) in [7, 11) is -3.43. The van der Waals surface area contributed by atoms with E-state index < -0.39 is 10.0 Å². The minimum absolute atomic E-state index is 0.270. The SMILES string of the molecule is Cc1cccc(N)c1S(=O)(=O)N1CCSCC1. The smallest absolute Gasteiger partial charge is 0.245 e. The first-order valence-corrected chi connectivity index (χ1v) is 8.06. The molecule has 0 bridgehead atoms. The monoisotopic (exact) mass is 272 g/mol. The summed E-state index contributed by atoms with van der Waals surface area (Å²) in [5.41, 5.74) is 6.85. The van der Waals surface area contributed by atoms with Gasteiger partial charge in [0.2, 0.25) is 10.0 Å². The van der Waals surface area contributed by atoms with E-state index in [1.165, 1.54) is 4.31 Å². The van der Waals surface area contributed by atoms with Crippen molar-refractivity contribution in [3.05, 3.63) is 23.8 Å². The van der Waals surface area contributed by atoms with Gasteiger partial charge in [0.1, 0.15) is 4.90 Å². The van der Waals surface area contributed by atoms with Crippen molar-refractivity contribution in [3.63, 3.8) is 0 Å². The highest BCUT2D eigenvalue weighted by Gasteiger charge is 2.29. The molecule has 2 N–H and O–H groups in total. The van der Waals surface area contributed by atoms with Gasteiger partial charge < -0.3 is 5.73 Å². The number of benzene rings is 1. The normalized spacial score (nSPS) is 18.2. The third-order valence-electron chi connectivity index (χ3n) is 2.81. The highest BCUT2D eigenvalue weighted by atomic mass is 32.2. The van der Waals surface area contributed by atoms with Crippen LogP contribution in [0.2, 0.25) is 0 Å². The molecule has 0 amide bonds. The number of nitrogen functional groups attached to an aromatic ring is 1. The van der Waals surface area contributed by atoms with Crippen LogP contribution in [0.3, 0.4) is 0 Å². The number of hydrogen-bond donors (Lipinski definition) is 1. The zero-order valence-corrected chi connectivity index (χ0v) is 11.4. The summed E-state index contributed by atoms with van der Waals surface area (Å²) in [5.74, 6) is 1.70. The zero-order chi connectivity index (χ0) is 12.5. The fourth-order valence-electron chi connectivity index (χ4n) is 1.94. The standard InChI is InChI=1S/C11H16N2O2S2/c1-9-3-2-4-10(12)11(9)17(14,15)13-5-7-16-8-6-13/h2-4H,5-8,12H2,1H3. The van der Waals surface area contributed by atoms with E-state index in [0.717, 1.165) is 11.5 Å². The van der Waals surface area contributed by atoms with E-state index in [-0.39, 0.29) is 4.90 Å². The lowest BCUT2D eigenvalue weighted by molar-refractivity contribution is 0.443. The van der Waals surface area contributed by atoms with E-state index >= 15 is 0 Å². The Balaban J connectivity index is 2.44. The van der Waals surface area contributed by atoms with Gasteiger partial charge in [0.15, 0.2) is 0 Å². The quantitative estimate of drug-likeness (QED) is 0.825. The first-order valence-electron chi connectivity index (χ1n) is 5.46. The fourth-order valence-corrected chi connectivity index (χ4v) is 4.84. The van der Waals surface area contributed by atoms with Crippen molar-refractivity contribution in [1.82, 2.24) is 4.31 Å². The molecule has 0 aromatic heterocycles. The molecule has 4 nitrogen and oxygen atoms in total. The van der Waals surface area contributed by atoms with Crippen LogP contribution in [0.25, 0.3) is 0 Å². The van der Waals surface area contributed by atoms with Crippen LogP contribution in [0.1, 0.15) is 5.56 Å². The molecule has 1 aromatic rings. The Morgan fingerprint density at radius 3 is 2.53 bits per heavy atom. The maximum absolute atomic E-state index is 12.5. The first-order chi connectivity index (χ1) is 8.03. The maximum Gasteiger partial charge on any atom is 0.245 e. The van der Waals surface area contributed by atoms with Gasteiger partial charge in [-0.25, -0.2) is 8.42 Å². The van der Waals surface area contributed by atoms with Gasteiger partial charge in [-0.3, -0.25) is 0 Å². The van der Waals surface area contributed by atoms with Gasteiger partial charge in [-0.15, -0.1) is 0 Å². The maximum atomic E-state index is 12.5. The van der Waals surface area contributed by atoms with Crippen LogP contribution in [0.15, 0.2) is 23.1 Å². The van der Waals surface area contributed by atoms with Gasteiger partial charge in [0, 0.05) is 24.6 Å². The van der Waals surface area contributed by atoms with Gasteiger partial charge in [-0.05, 0) is 18.6 Å². The second-order valence-electron chi connectivity index (χ2n) is 4.01. The van der Waals surface area contributed by atoms with E-state index in [0.29, 0.717) is 24.3 Å². The summed E-state index contributed by atoms with van der Waals surface area (Å²) >= 11 is 1.78. The molecule has 0 spiro atoms. The highest BCUT2D eigenvalue weighted by molar-refractivity contribution is 7.99. The summed E-state index contributed by atoms with van der Waals surface area (Å²) < 4.78 is 26.5. The van der Waals surface area contributed by atoms with Gasteiger partial charge in [-0.2, -0.15) is 16.1 Å². The van der Waals surface area contributed by atoms with Gasteiger partial charge >= 0.3 is 0 Å². The van der Waals surface area contributed by atoms with Crippen LogP contribution in [-0.4, -0.2) is 37.3 Å². The lowest BCUT2D eigenvalue weighted by Gasteiger charge is -2.26. The van der Waals surface area contributed by atoms with Crippen molar-refractivity contribution in [2.45, 2.75) is 11.8 Å². The Morgan fingerprint density at radius 1 is 1.29 bits per heavy atom. The Bertz CT molecular complexity index is 488. The average molecular weight is 272 g/mol. The van der Waals surface area contributed by atoms with E-state index in [2.05, 4.69) is 0 Å². The van der Waals surface area contributed by atoms with E-state index in [1.54, 1.807) is 36.9 Å².